The average molecular weight is 198 g/mol. The van der Waals surface area contributed by atoms with Crippen molar-refractivity contribution in [3.8, 4) is 0 Å². The fraction of sp³-hybridized carbons (Fsp3) is 0.636. The normalized spacial score (nSPS) is 13.4. The van der Waals surface area contributed by atoms with E-state index in [0.29, 0.717) is 6.42 Å². The van der Waals surface area contributed by atoms with E-state index in [1.807, 2.05) is 6.92 Å². The molecule has 0 fully saturated rings. The number of allylic oxidation sites excluding steroid dienone is 2. The molecular weight excluding hydrogens is 180 g/mol. The van der Waals surface area contributed by atoms with Crippen LogP contribution in [0.1, 0.15) is 33.6 Å². The first-order valence-corrected chi connectivity index (χ1v) is 4.85. The molecule has 80 valence electrons. The molecule has 3 heteroatoms. The molecule has 0 saturated carbocycles. The lowest BCUT2D eigenvalue weighted by atomic mass is 9.94. The number of Topliss-reactive ketones (excluding diaryl/α,β-unsaturated/α-hetero) is 1. The average Bonchev–Trinajstić information content (AvgIpc) is 2.10. The van der Waals surface area contributed by atoms with E-state index in [-0.39, 0.29) is 18.1 Å². The molecule has 3 nitrogen and oxygen atoms in total. The predicted molar refractivity (Wildman–Crippen MR) is 55.0 cm³/mol. The maximum atomic E-state index is 11.3. The van der Waals surface area contributed by atoms with Crippen molar-refractivity contribution in [1.29, 1.82) is 0 Å². The van der Waals surface area contributed by atoms with E-state index in [1.54, 1.807) is 26.0 Å². The van der Waals surface area contributed by atoms with Crippen molar-refractivity contribution >= 4 is 11.8 Å². The summed E-state index contributed by atoms with van der Waals surface area (Å²) < 4.78 is 0. The van der Waals surface area contributed by atoms with Crippen molar-refractivity contribution in [3.63, 3.8) is 0 Å². The molecule has 0 saturated heterocycles. The molecule has 1 atom stereocenters. The van der Waals surface area contributed by atoms with E-state index in [2.05, 4.69) is 0 Å². The highest BCUT2D eigenvalue weighted by atomic mass is 16.4. The van der Waals surface area contributed by atoms with Crippen molar-refractivity contribution in [2.24, 2.45) is 11.8 Å². The molecular formula is C11H18O3. The van der Waals surface area contributed by atoms with Gasteiger partial charge in [-0.3, -0.25) is 9.59 Å². The zero-order chi connectivity index (χ0) is 11.1. The first kappa shape index (κ1) is 12.9. The van der Waals surface area contributed by atoms with Crippen LogP contribution in [0.3, 0.4) is 0 Å². The Kier molecular flexibility index (Phi) is 5.84. The van der Waals surface area contributed by atoms with Crippen molar-refractivity contribution in [2.75, 3.05) is 0 Å². The smallest absolute Gasteiger partial charge is 0.307 e. The summed E-state index contributed by atoms with van der Waals surface area (Å²) in [6.45, 7) is 5.41. The van der Waals surface area contributed by atoms with E-state index in [1.165, 1.54) is 0 Å². The van der Waals surface area contributed by atoms with Gasteiger partial charge in [0.25, 0.3) is 0 Å². The fourth-order valence-corrected chi connectivity index (χ4v) is 1.05. The highest BCUT2D eigenvalue weighted by Gasteiger charge is 2.21. The van der Waals surface area contributed by atoms with Gasteiger partial charge in [0.2, 0.25) is 0 Å². The zero-order valence-corrected chi connectivity index (χ0v) is 8.99. The number of rotatable bonds is 6. The number of carbonyl (C=O) groups excluding carboxylic acids is 1. The molecule has 1 N–H and O–H groups in total. The van der Waals surface area contributed by atoms with Gasteiger partial charge in [0.1, 0.15) is 5.78 Å². The zero-order valence-electron chi connectivity index (χ0n) is 8.99. The van der Waals surface area contributed by atoms with Crippen LogP contribution < -0.4 is 0 Å². The van der Waals surface area contributed by atoms with Crippen molar-refractivity contribution in [2.45, 2.75) is 33.6 Å². The third kappa shape index (κ3) is 4.80. The van der Waals surface area contributed by atoms with Crippen LogP contribution in [-0.4, -0.2) is 16.9 Å². The van der Waals surface area contributed by atoms with Gasteiger partial charge in [-0.25, -0.2) is 0 Å². The molecule has 0 spiro atoms. The van der Waals surface area contributed by atoms with Crippen LogP contribution in [0.15, 0.2) is 12.2 Å². The second kappa shape index (κ2) is 6.35. The second-order valence-corrected chi connectivity index (χ2v) is 3.67. The molecule has 0 aliphatic heterocycles. The van der Waals surface area contributed by atoms with Crippen LogP contribution in [0.4, 0.5) is 0 Å². The Morgan fingerprint density at radius 1 is 1.36 bits per heavy atom. The molecule has 0 amide bonds. The van der Waals surface area contributed by atoms with E-state index >= 15 is 0 Å². The predicted octanol–water partition coefficient (Wildman–Crippen LogP) is 2.27. The Bertz CT molecular complexity index is 229. The number of hydrogen-bond donors (Lipinski definition) is 1. The summed E-state index contributed by atoms with van der Waals surface area (Å²) >= 11 is 0. The van der Waals surface area contributed by atoms with Gasteiger partial charge in [-0.2, -0.15) is 0 Å². The van der Waals surface area contributed by atoms with Crippen LogP contribution >= 0.6 is 0 Å². The van der Waals surface area contributed by atoms with E-state index in [0.717, 1.165) is 0 Å². The van der Waals surface area contributed by atoms with Gasteiger partial charge in [-0.15, -0.1) is 0 Å². The third-order valence-electron chi connectivity index (χ3n) is 2.10. The van der Waals surface area contributed by atoms with Crippen LogP contribution in [0.5, 0.6) is 0 Å². The number of aliphatic carboxylic acids is 1. The van der Waals surface area contributed by atoms with Crippen molar-refractivity contribution in [1.82, 2.24) is 0 Å². The lowest BCUT2D eigenvalue weighted by molar-refractivity contribution is -0.144. The summed E-state index contributed by atoms with van der Waals surface area (Å²) in [7, 11) is 0. The summed E-state index contributed by atoms with van der Waals surface area (Å²) in [6, 6.07) is 0. The summed E-state index contributed by atoms with van der Waals surface area (Å²) in [5.41, 5.74) is 0. The van der Waals surface area contributed by atoms with Gasteiger partial charge < -0.3 is 5.11 Å². The minimum Gasteiger partial charge on any atom is -0.481 e. The highest BCUT2D eigenvalue weighted by Crippen LogP contribution is 2.13. The van der Waals surface area contributed by atoms with Gasteiger partial charge in [0.05, 0.1) is 5.92 Å². The monoisotopic (exact) mass is 198 g/mol. The largest absolute Gasteiger partial charge is 0.481 e. The standard InChI is InChI=1S/C11H18O3/c1-4-5-6-9(11(13)14)7-10(12)8(2)3/h4-5,8-9H,6-7H2,1-3H3,(H,13,14)/b5-4+. The SMILES string of the molecule is C/C=C/CC(CC(=O)C(C)C)C(=O)O. The van der Waals surface area contributed by atoms with Crippen LogP contribution in [0, 0.1) is 11.8 Å². The third-order valence-corrected chi connectivity index (χ3v) is 2.10. The van der Waals surface area contributed by atoms with Gasteiger partial charge in [-0.05, 0) is 13.3 Å². The lowest BCUT2D eigenvalue weighted by Crippen LogP contribution is -2.20. The number of hydrogen-bond acceptors (Lipinski definition) is 2. The van der Waals surface area contributed by atoms with Gasteiger partial charge >= 0.3 is 5.97 Å². The van der Waals surface area contributed by atoms with Crippen LogP contribution in [0.25, 0.3) is 0 Å². The van der Waals surface area contributed by atoms with Crippen molar-refractivity contribution < 1.29 is 14.7 Å². The highest BCUT2D eigenvalue weighted by molar-refractivity contribution is 5.85. The molecule has 0 radical (unpaired) electrons. The van der Waals surface area contributed by atoms with E-state index < -0.39 is 11.9 Å². The molecule has 0 aromatic carbocycles. The molecule has 0 aliphatic rings. The first-order chi connectivity index (χ1) is 6.49. The van der Waals surface area contributed by atoms with Gasteiger partial charge in [0, 0.05) is 12.3 Å². The van der Waals surface area contributed by atoms with Gasteiger partial charge in [0.15, 0.2) is 0 Å². The summed E-state index contributed by atoms with van der Waals surface area (Å²) in [4.78, 5) is 22.1. The Morgan fingerprint density at radius 3 is 2.29 bits per heavy atom. The van der Waals surface area contributed by atoms with E-state index in [9.17, 15) is 9.59 Å². The summed E-state index contributed by atoms with van der Waals surface area (Å²) in [5, 5.41) is 8.84. The number of carboxylic acids is 1. The molecule has 0 aromatic heterocycles. The number of carboxylic acid groups (broad SMARTS) is 1. The molecule has 0 bridgehead atoms. The molecule has 0 aliphatic carbocycles. The summed E-state index contributed by atoms with van der Waals surface area (Å²) in [6.07, 6.45) is 4.16. The first-order valence-electron chi connectivity index (χ1n) is 4.85. The van der Waals surface area contributed by atoms with Crippen LogP contribution in [-0.2, 0) is 9.59 Å². The maximum Gasteiger partial charge on any atom is 0.307 e. The van der Waals surface area contributed by atoms with Gasteiger partial charge in [-0.1, -0.05) is 26.0 Å². The number of ketones is 1. The molecule has 0 heterocycles. The Balaban J connectivity index is 4.23. The minimum atomic E-state index is -0.892. The molecule has 14 heavy (non-hydrogen) atoms. The second-order valence-electron chi connectivity index (χ2n) is 3.67. The maximum absolute atomic E-state index is 11.3. The van der Waals surface area contributed by atoms with Crippen molar-refractivity contribution in [3.05, 3.63) is 12.2 Å². The van der Waals surface area contributed by atoms with Crippen LogP contribution in [0.2, 0.25) is 0 Å². The minimum absolute atomic E-state index is 0.0157. The van der Waals surface area contributed by atoms with E-state index in [4.69, 9.17) is 5.11 Å². The Labute approximate surface area is 84.8 Å². The fourth-order valence-electron chi connectivity index (χ4n) is 1.05. The molecule has 0 aromatic rings. The molecule has 1 unspecified atom stereocenters. The topological polar surface area (TPSA) is 54.4 Å². The Morgan fingerprint density at radius 2 is 1.93 bits per heavy atom. The Hall–Kier alpha value is -1.12. The quantitative estimate of drug-likeness (QED) is 0.666. The molecule has 0 rings (SSSR count). The summed E-state index contributed by atoms with van der Waals surface area (Å²) in [5.74, 6) is -1.53. The number of carbonyl (C=O) groups is 2. The lowest BCUT2D eigenvalue weighted by Gasteiger charge is -2.10.